The molecule has 0 saturated heterocycles. The second-order valence-corrected chi connectivity index (χ2v) is 5.09. The number of nitrogens with zero attached hydrogens (tertiary/aromatic N) is 1. The van der Waals surface area contributed by atoms with Crippen LogP contribution in [0.15, 0.2) is 18.2 Å². The lowest BCUT2D eigenvalue weighted by Gasteiger charge is -2.22. The number of hydrogen-bond donors (Lipinski definition) is 0. The fourth-order valence-electron chi connectivity index (χ4n) is 1.46. The van der Waals surface area contributed by atoms with E-state index in [1.54, 1.807) is 11.8 Å². The number of halogens is 3. The number of rotatable bonds is 4. The van der Waals surface area contributed by atoms with Gasteiger partial charge in [0.2, 0.25) is 5.91 Å². The molecule has 0 aliphatic rings. The molecule has 1 atom stereocenters. The second-order valence-electron chi connectivity index (χ2n) is 3.72. The molecule has 0 spiro atoms. The van der Waals surface area contributed by atoms with E-state index in [1.165, 1.54) is 6.07 Å². The van der Waals surface area contributed by atoms with Crippen LogP contribution >= 0.6 is 15.9 Å². The number of carbonyl (C=O) groups excluding carboxylic acids is 1. The first-order chi connectivity index (χ1) is 7.95. The minimum absolute atomic E-state index is 0.0720. The Bertz CT molecular complexity index is 409. The molecular weight excluding hydrogens is 292 g/mol. The Hall–Kier alpha value is -0.970. The summed E-state index contributed by atoms with van der Waals surface area (Å²) in [7, 11) is 0. The lowest BCUT2D eigenvalue weighted by Crippen LogP contribution is -2.34. The summed E-state index contributed by atoms with van der Waals surface area (Å²) in [6.45, 7) is 4.37. The summed E-state index contributed by atoms with van der Waals surface area (Å²) < 4.78 is 25.7. The fourth-order valence-corrected chi connectivity index (χ4v) is 1.75. The van der Waals surface area contributed by atoms with Gasteiger partial charge in [-0.2, -0.15) is 0 Å². The Morgan fingerprint density at radius 2 is 2.06 bits per heavy atom. The number of benzene rings is 1. The van der Waals surface area contributed by atoms with Gasteiger partial charge in [-0.1, -0.05) is 22.0 Å². The molecule has 2 nitrogen and oxygen atoms in total. The van der Waals surface area contributed by atoms with Crippen LogP contribution < -0.4 is 0 Å². The van der Waals surface area contributed by atoms with Crippen molar-refractivity contribution in [3.05, 3.63) is 35.4 Å². The van der Waals surface area contributed by atoms with Crippen LogP contribution in [0.5, 0.6) is 0 Å². The minimum atomic E-state index is -0.891. The van der Waals surface area contributed by atoms with Crippen molar-refractivity contribution in [3.8, 4) is 0 Å². The van der Waals surface area contributed by atoms with Crippen LogP contribution in [-0.4, -0.2) is 22.2 Å². The zero-order chi connectivity index (χ0) is 13.0. The Morgan fingerprint density at radius 3 is 2.53 bits per heavy atom. The van der Waals surface area contributed by atoms with E-state index in [-0.39, 0.29) is 17.3 Å². The van der Waals surface area contributed by atoms with Crippen molar-refractivity contribution in [3.63, 3.8) is 0 Å². The summed E-state index contributed by atoms with van der Waals surface area (Å²) in [5.41, 5.74) is 0.576. The second kappa shape index (κ2) is 6.10. The third-order valence-electron chi connectivity index (χ3n) is 2.39. The van der Waals surface area contributed by atoms with E-state index in [4.69, 9.17) is 0 Å². The van der Waals surface area contributed by atoms with E-state index in [1.807, 2.05) is 6.92 Å². The predicted octanol–water partition coefficient (Wildman–Crippen LogP) is 3.10. The lowest BCUT2D eigenvalue weighted by atomic mass is 10.2. The number of alkyl halides is 1. The molecule has 0 bridgehead atoms. The molecule has 1 rings (SSSR count). The highest BCUT2D eigenvalue weighted by Gasteiger charge is 2.17. The first kappa shape index (κ1) is 14.1. The molecule has 0 N–H and O–H groups in total. The SMILES string of the molecule is CCN(Cc1ccc(F)c(F)c1)C(=O)C(C)Br. The number of carbonyl (C=O) groups is 1. The molecule has 1 amide bonds. The molecule has 94 valence electrons. The number of amides is 1. The predicted molar refractivity (Wildman–Crippen MR) is 65.8 cm³/mol. The lowest BCUT2D eigenvalue weighted by molar-refractivity contribution is -0.130. The molecule has 0 radical (unpaired) electrons. The molecule has 1 aromatic carbocycles. The molecule has 0 saturated carbocycles. The normalized spacial score (nSPS) is 12.3. The van der Waals surface area contributed by atoms with Gasteiger partial charge >= 0.3 is 0 Å². The van der Waals surface area contributed by atoms with Crippen LogP contribution in [-0.2, 0) is 11.3 Å². The van der Waals surface area contributed by atoms with Crippen molar-refractivity contribution in [1.82, 2.24) is 4.90 Å². The van der Waals surface area contributed by atoms with Crippen LogP contribution in [0, 0.1) is 11.6 Å². The van der Waals surface area contributed by atoms with Crippen molar-refractivity contribution in [2.24, 2.45) is 0 Å². The largest absolute Gasteiger partial charge is 0.338 e. The summed E-state index contributed by atoms with van der Waals surface area (Å²) in [6.07, 6.45) is 0. The molecule has 0 aliphatic heterocycles. The maximum atomic E-state index is 13.0. The third kappa shape index (κ3) is 3.77. The average Bonchev–Trinajstić information content (AvgIpc) is 2.29. The third-order valence-corrected chi connectivity index (χ3v) is 2.78. The fraction of sp³-hybridized carbons (Fsp3) is 0.417. The van der Waals surface area contributed by atoms with E-state index in [2.05, 4.69) is 15.9 Å². The molecule has 0 aliphatic carbocycles. The molecule has 1 unspecified atom stereocenters. The van der Waals surface area contributed by atoms with Crippen LogP contribution in [0.3, 0.4) is 0 Å². The van der Waals surface area contributed by atoms with Gasteiger partial charge in [0, 0.05) is 13.1 Å². The van der Waals surface area contributed by atoms with Crippen molar-refractivity contribution in [2.45, 2.75) is 25.2 Å². The van der Waals surface area contributed by atoms with Crippen molar-refractivity contribution in [2.75, 3.05) is 6.54 Å². The van der Waals surface area contributed by atoms with Gasteiger partial charge in [0.15, 0.2) is 11.6 Å². The molecule has 17 heavy (non-hydrogen) atoms. The zero-order valence-corrected chi connectivity index (χ0v) is 11.3. The molecule has 0 aromatic heterocycles. The van der Waals surface area contributed by atoms with Gasteiger partial charge in [-0.25, -0.2) is 8.78 Å². The summed E-state index contributed by atoms with van der Waals surface area (Å²) in [5, 5.41) is 0. The smallest absolute Gasteiger partial charge is 0.236 e. The van der Waals surface area contributed by atoms with Gasteiger partial charge in [-0.3, -0.25) is 4.79 Å². The quantitative estimate of drug-likeness (QED) is 0.783. The van der Waals surface area contributed by atoms with Crippen LogP contribution in [0.2, 0.25) is 0 Å². The average molecular weight is 306 g/mol. The Morgan fingerprint density at radius 1 is 1.41 bits per heavy atom. The maximum absolute atomic E-state index is 13.0. The van der Waals surface area contributed by atoms with Gasteiger partial charge in [0.05, 0.1) is 4.83 Å². The highest BCUT2D eigenvalue weighted by Crippen LogP contribution is 2.13. The minimum Gasteiger partial charge on any atom is -0.338 e. The van der Waals surface area contributed by atoms with Gasteiger partial charge in [0.1, 0.15) is 0 Å². The summed E-state index contributed by atoms with van der Waals surface area (Å²) in [5.74, 6) is -1.84. The summed E-state index contributed by atoms with van der Waals surface area (Å²) in [6, 6.07) is 3.66. The highest BCUT2D eigenvalue weighted by molar-refractivity contribution is 9.10. The molecule has 1 aromatic rings. The van der Waals surface area contributed by atoms with Gasteiger partial charge in [-0.15, -0.1) is 0 Å². The topological polar surface area (TPSA) is 20.3 Å². The molecule has 0 fully saturated rings. The Kier molecular flexibility index (Phi) is 5.05. The van der Waals surface area contributed by atoms with Gasteiger partial charge in [-0.05, 0) is 31.5 Å². The van der Waals surface area contributed by atoms with Gasteiger partial charge in [0.25, 0.3) is 0 Å². The van der Waals surface area contributed by atoms with Gasteiger partial charge < -0.3 is 4.90 Å². The molecule has 5 heteroatoms. The summed E-state index contributed by atoms with van der Waals surface area (Å²) in [4.78, 5) is 13.0. The van der Waals surface area contributed by atoms with E-state index in [0.717, 1.165) is 12.1 Å². The van der Waals surface area contributed by atoms with Crippen molar-refractivity contribution in [1.29, 1.82) is 0 Å². The monoisotopic (exact) mass is 305 g/mol. The van der Waals surface area contributed by atoms with Crippen molar-refractivity contribution >= 4 is 21.8 Å². The van der Waals surface area contributed by atoms with Crippen molar-refractivity contribution < 1.29 is 13.6 Å². The first-order valence-corrected chi connectivity index (χ1v) is 6.24. The first-order valence-electron chi connectivity index (χ1n) is 5.32. The van der Waals surface area contributed by atoms with Crippen LogP contribution in [0.1, 0.15) is 19.4 Å². The van der Waals surface area contributed by atoms with E-state index >= 15 is 0 Å². The standard InChI is InChI=1S/C12H14BrF2NO/c1-3-16(12(17)8(2)13)7-9-4-5-10(14)11(15)6-9/h4-6,8H,3,7H2,1-2H3. The Balaban J connectivity index is 2.80. The highest BCUT2D eigenvalue weighted by atomic mass is 79.9. The maximum Gasteiger partial charge on any atom is 0.236 e. The van der Waals surface area contributed by atoms with E-state index in [0.29, 0.717) is 12.1 Å². The van der Waals surface area contributed by atoms with E-state index < -0.39 is 11.6 Å². The summed E-state index contributed by atoms with van der Waals surface area (Å²) >= 11 is 3.20. The Labute approximate surface area is 108 Å². The molecular formula is C12H14BrF2NO. The zero-order valence-electron chi connectivity index (χ0n) is 9.71. The van der Waals surface area contributed by atoms with Crippen LogP contribution in [0.4, 0.5) is 8.78 Å². The number of hydrogen-bond acceptors (Lipinski definition) is 1. The molecule has 0 heterocycles. The van der Waals surface area contributed by atoms with Crippen LogP contribution in [0.25, 0.3) is 0 Å². The van der Waals surface area contributed by atoms with E-state index in [9.17, 15) is 13.6 Å².